The van der Waals surface area contributed by atoms with Crippen LogP contribution in [0, 0.1) is 17.7 Å². The van der Waals surface area contributed by atoms with E-state index in [1.54, 1.807) is 19.1 Å². The highest BCUT2D eigenvalue weighted by Crippen LogP contribution is 2.28. The lowest BCUT2D eigenvalue weighted by Crippen LogP contribution is -2.09. The maximum absolute atomic E-state index is 14.5. The third-order valence-electron chi connectivity index (χ3n) is 6.58. The maximum Gasteiger partial charge on any atom is 0.333 e. The van der Waals surface area contributed by atoms with Gasteiger partial charge in [0, 0.05) is 23.1 Å². The molecule has 41 heavy (non-hydrogen) atoms. The van der Waals surface area contributed by atoms with E-state index in [0.717, 1.165) is 27.5 Å². The average molecular weight is 541 g/mol. The molecule has 4 heteroatoms. The van der Waals surface area contributed by atoms with Gasteiger partial charge < -0.3 is 9.47 Å². The van der Waals surface area contributed by atoms with E-state index in [-0.39, 0.29) is 19.0 Å². The molecule has 0 aliphatic rings. The third kappa shape index (κ3) is 7.09. The molecule has 0 N–H and O–H groups in total. The van der Waals surface area contributed by atoms with Gasteiger partial charge in [0.1, 0.15) is 0 Å². The molecule has 5 rings (SSSR count). The number of esters is 1. The van der Waals surface area contributed by atoms with Crippen molar-refractivity contribution >= 4 is 16.7 Å². The molecule has 0 atom stereocenters. The number of ether oxygens (including phenoxy) is 2. The van der Waals surface area contributed by atoms with Gasteiger partial charge in [0.05, 0.1) is 13.2 Å². The van der Waals surface area contributed by atoms with Gasteiger partial charge in [-0.15, -0.1) is 0 Å². The van der Waals surface area contributed by atoms with Gasteiger partial charge in [0.15, 0.2) is 11.6 Å². The van der Waals surface area contributed by atoms with E-state index in [9.17, 15) is 9.18 Å². The summed E-state index contributed by atoms with van der Waals surface area (Å²) in [6.45, 7) is 5.52. The average Bonchev–Trinajstić information content (AvgIpc) is 3.00. The molecule has 0 aliphatic carbocycles. The van der Waals surface area contributed by atoms with Crippen molar-refractivity contribution in [3.63, 3.8) is 0 Å². The number of hydrogen-bond donors (Lipinski definition) is 0. The van der Waals surface area contributed by atoms with Crippen molar-refractivity contribution in [3.05, 3.63) is 138 Å². The lowest BCUT2D eigenvalue weighted by atomic mass is 9.98. The van der Waals surface area contributed by atoms with Crippen LogP contribution in [0.3, 0.4) is 0 Å². The minimum Gasteiger partial charge on any atom is -0.490 e. The van der Waals surface area contributed by atoms with Crippen molar-refractivity contribution in [2.45, 2.75) is 13.3 Å². The quantitative estimate of drug-likeness (QED) is 0.0856. The predicted octanol–water partition coefficient (Wildman–Crippen LogP) is 8.60. The van der Waals surface area contributed by atoms with E-state index < -0.39 is 11.8 Å². The number of halogens is 1. The molecule has 202 valence electrons. The second kappa shape index (κ2) is 12.8. The maximum atomic E-state index is 14.5. The van der Waals surface area contributed by atoms with Crippen LogP contribution in [0.5, 0.6) is 5.75 Å². The van der Waals surface area contributed by atoms with Gasteiger partial charge in [-0.05, 0) is 76.3 Å². The fraction of sp³-hybridized carbons (Fsp3) is 0.108. The van der Waals surface area contributed by atoms with Gasteiger partial charge in [-0.2, -0.15) is 0 Å². The highest BCUT2D eigenvalue weighted by Gasteiger charge is 2.06. The molecule has 5 aromatic carbocycles. The van der Waals surface area contributed by atoms with Gasteiger partial charge in [0.2, 0.25) is 0 Å². The molecule has 0 saturated heterocycles. The Morgan fingerprint density at radius 3 is 2.00 bits per heavy atom. The largest absolute Gasteiger partial charge is 0.490 e. The van der Waals surface area contributed by atoms with Crippen LogP contribution in [0.4, 0.5) is 4.39 Å². The normalized spacial score (nSPS) is 10.5. The first-order valence-electron chi connectivity index (χ1n) is 13.4. The van der Waals surface area contributed by atoms with E-state index >= 15 is 0 Å². The number of fused-ring (bicyclic) bond motifs is 1. The predicted molar refractivity (Wildman–Crippen MR) is 163 cm³/mol. The van der Waals surface area contributed by atoms with Crippen LogP contribution in [-0.4, -0.2) is 19.2 Å². The molecule has 0 radical (unpaired) electrons. The van der Waals surface area contributed by atoms with E-state index in [1.165, 1.54) is 17.2 Å². The van der Waals surface area contributed by atoms with E-state index in [1.807, 2.05) is 30.3 Å². The Labute approximate surface area is 239 Å². The smallest absolute Gasteiger partial charge is 0.333 e. The highest BCUT2D eigenvalue weighted by molar-refractivity contribution is 5.89. The first-order chi connectivity index (χ1) is 20.0. The van der Waals surface area contributed by atoms with Crippen molar-refractivity contribution < 1.29 is 18.7 Å². The molecule has 0 saturated carbocycles. The van der Waals surface area contributed by atoms with Crippen molar-refractivity contribution in [1.29, 1.82) is 0 Å². The standard InChI is InChI=1S/C37H29FO3/c1-26(2)37(39)41-22-6-21-40-36-20-12-28(24-35(36)38)10-9-27-11-13-34-25-33(19-18-32(34)23-27)31-16-14-30(15-17-31)29-7-4-3-5-8-29/h3-5,7-8,11-20,23-25H,1,6,21-22H2,2H3. The Morgan fingerprint density at radius 1 is 0.707 bits per heavy atom. The SMILES string of the molecule is C=C(C)C(=O)OCCCOc1ccc(C#Cc2ccc3cc(-c4ccc(-c5ccccc5)cc4)ccc3c2)cc1F. The molecule has 0 aromatic heterocycles. The zero-order valence-electron chi connectivity index (χ0n) is 22.8. The van der Waals surface area contributed by atoms with Crippen LogP contribution in [0.2, 0.25) is 0 Å². The zero-order valence-corrected chi connectivity index (χ0v) is 22.8. The van der Waals surface area contributed by atoms with Gasteiger partial charge in [0.25, 0.3) is 0 Å². The number of carbonyl (C=O) groups is 1. The summed E-state index contributed by atoms with van der Waals surface area (Å²) in [7, 11) is 0. The van der Waals surface area contributed by atoms with E-state index in [4.69, 9.17) is 9.47 Å². The summed E-state index contributed by atoms with van der Waals surface area (Å²) in [5, 5.41) is 2.22. The molecular weight excluding hydrogens is 511 g/mol. The second-order valence-electron chi connectivity index (χ2n) is 9.73. The molecular formula is C37H29FO3. The van der Waals surface area contributed by atoms with Gasteiger partial charge in [-0.1, -0.05) is 91.2 Å². The van der Waals surface area contributed by atoms with E-state index in [0.29, 0.717) is 17.6 Å². The van der Waals surface area contributed by atoms with Gasteiger partial charge in [-0.3, -0.25) is 0 Å². The fourth-order valence-electron chi connectivity index (χ4n) is 4.36. The van der Waals surface area contributed by atoms with Crippen LogP contribution in [0.1, 0.15) is 24.5 Å². The summed E-state index contributed by atoms with van der Waals surface area (Å²) in [6, 6.07) is 36.1. The minimum atomic E-state index is -0.487. The summed E-state index contributed by atoms with van der Waals surface area (Å²) in [5.41, 5.74) is 6.46. The highest BCUT2D eigenvalue weighted by atomic mass is 19.1. The summed E-state index contributed by atoms with van der Waals surface area (Å²) < 4.78 is 25.0. The van der Waals surface area contributed by atoms with Gasteiger partial charge >= 0.3 is 5.97 Å². The van der Waals surface area contributed by atoms with Crippen LogP contribution >= 0.6 is 0 Å². The number of hydrogen-bond acceptors (Lipinski definition) is 3. The van der Waals surface area contributed by atoms with Crippen molar-refractivity contribution in [2.24, 2.45) is 0 Å². The van der Waals surface area contributed by atoms with Crippen LogP contribution in [0.25, 0.3) is 33.0 Å². The Hall–Kier alpha value is -5.14. The molecule has 5 aromatic rings. The van der Waals surface area contributed by atoms with Crippen molar-refractivity contribution in [2.75, 3.05) is 13.2 Å². The summed E-state index contributed by atoms with van der Waals surface area (Å²) in [5.74, 6) is 5.38. The molecule has 0 amide bonds. The Morgan fingerprint density at radius 2 is 1.29 bits per heavy atom. The number of benzene rings is 5. The topological polar surface area (TPSA) is 35.5 Å². The molecule has 0 bridgehead atoms. The van der Waals surface area contributed by atoms with Crippen LogP contribution in [0.15, 0.2) is 121 Å². The first-order valence-corrected chi connectivity index (χ1v) is 13.4. The zero-order chi connectivity index (χ0) is 28.6. The molecule has 3 nitrogen and oxygen atoms in total. The molecule has 0 heterocycles. The summed E-state index contributed by atoms with van der Waals surface area (Å²) in [4.78, 5) is 11.4. The van der Waals surface area contributed by atoms with Crippen LogP contribution < -0.4 is 4.74 Å². The monoisotopic (exact) mass is 540 g/mol. The minimum absolute atomic E-state index is 0.137. The number of rotatable bonds is 8. The fourth-order valence-corrected chi connectivity index (χ4v) is 4.36. The Kier molecular flexibility index (Phi) is 8.57. The van der Waals surface area contributed by atoms with Crippen LogP contribution in [-0.2, 0) is 9.53 Å². The third-order valence-corrected chi connectivity index (χ3v) is 6.58. The van der Waals surface area contributed by atoms with Crippen molar-refractivity contribution in [3.8, 4) is 39.8 Å². The van der Waals surface area contributed by atoms with Crippen molar-refractivity contribution in [1.82, 2.24) is 0 Å². The lowest BCUT2D eigenvalue weighted by Gasteiger charge is -2.08. The second-order valence-corrected chi connectivity index (χ2v) is 9.73. The number of carbonyl (C=O) groups excluding carboxylic acids is 1. The Balaban J connectivity index is 1.22. The lowest BCUT2D eigenvalue weighted by molar-refractivity contribution is -0.139. The molecule has 0 fully saturated rings. The Bertz CT molecular complexity index is 1760. The first kappa shape index (κ1) is 27.4. The molecule has 0 aliphatic heterocycles. The van der Waals surface area contributed by atoms with E-state index in [2.05, 4.69) is 79.1 Å². The molecule has 0 unspecified atom stereocenters. The summed E-state index contributed by atoms with van der Waals surface area (Å²) >= 11 is 0. The molecule has 0 spiro atoms. The summed E-state index contributed by atoms with van der Waals surface area (Å²) in [6.07, 6.45) is 0.448. The van der Waals surface area contributed by atoms with Gasteiger partial charge in [-0.25, -0.2) is 9.18 Å².